The molecule has 1 unspecified atom stereocenters. The number of nitrogens with one attached hydrogen (secondary N) is 1. The van der Waals surface area contributed by atoms with E-state index >= 15 is 0 Å². The highest BCUT2D eigenvalue weighted by molar-refractivity contribution is 5.87. The highest BCUT2D eigenvalue weighted by Crippen LogP contribution is 2.24. The molecule has 24 heavy (non-hydrogen) atoms. The van der Waals surface area contributed by atoms with Gasteiger partial charge >= 0.3 is 0 Å². The zero-order valence-corrected chi connectivity index (χ0v) is 14.3. The molecule has 0 spiro atoms. The lowest BCUT2D eigenvalue weighted by Gasteiger charge is -2.33. The quantitative estimate of drug-likeness (QED) is 0.772. The van der Waals surface area contributed by atoms with E-state index in [2.05, 4.69) is 5.32 Å². The molecule has 1 aromatic rings. The van der Waals surface area contributed by atoms with E-state index in [9.17, 15) is 14.0 Å². The molecule has 0 aromatic heterocycles. The first kappa shape index (κ1) is 18.4. The van der Waals surface area contributed by atoms with Gasteiger partial charge in [0.2, 0.25) is 12.3 Å². The molecule has 0 saturated carbocycles. The normalized spacial score (nSPS) is 17.4. The summed E-state index contributed by atoms with van der Waals surface area (Å²) in [5.41, 5.74) is 6.22. The fraction of sp³-hybridized carbons (Fsp3) is 0.556. The predicted octanol–water partition coefficient (Wildman–Crippen LogP) is 1.42. The van der Waals surface area contributed by atoms with Gasteiger partial charge in [-0.15, -0.1) is 0 Å². The second-order valence-corrected chi connectivity index (χ2v) is 6.98. The van der Waals surface area contributed by atoms with Crippen molar-refractivity contribution in [2.45, 2.75) is 38.1 Å². The highest BCUT2D eigenvalue weighted by atomic mass is 19.1. The van der Waals surface area contributed by atoms with E-state index in [1.165, 1.54) is 12.1 Å². The Labute approximate surface area is 142 Å². The van der Waals surface area contributed by atoms with E-state index in [0.29, 0.717) is 12.5 Å². The van der Waals surface area contributed by atoms with E-state index in [1.807, 2.05) is 13.8 Å². The molecule has 1 saturated heterocycles. The summed E-state index contributed by atoms with van der Waals surface area (Å²) in [7, 11) is 0. The number of likely N-dealkylation sites (tertiary alicyclic amines) is 1. The number of nitrogens with two attached hydrogens (primary N) is 1. The Bertz CT molecular complexity index is 566. The van der Waals surface area contributed by atoms with Crippen LogP contribution >= 0.6 is 0 Å². The van der Waals surface area contributed by atoms with Gasteiger partial charge in [-0.3, -0.25) is 9.59 Å². The minimum atomic E-state index is -0.756. The minimum Gasteiger partial charge on any atom is -0.354 e. The van der Waals surface area contributed by atoms with Crippen molar-refractivity contribution in [3.05, 3.63) is 35.6 Å². The Morgan fingerprint density at radius 2 is 1.96 bits per heavy atom. The molecule has 3 N–H and O–H groups in total. The Kier molecular flexibility index (Phi) is 5.94. The second-order valence-electron chi connectivity index (χ2n) is 6.98. The molecule has 2 rings (SSSR count). The van der Waals surface area contributed by atoms with Gasteiger partial charge in [0.05, 0.1) is 5.41 Å². The van der Waals surface area contributed by atoms with Crippen molar-refractivity contribution < 1.29 is 14.0 Å². The van der Waals surface area contributed by atoms with E-state index in [1.54, 1.807) is 17.0 Å². The molecular formula is C18H26FN3O2. The lowest BCUT2D eigenvalue weighted by atomic mass is 9.83. The van der Waals surface area contributed by atoms with Gasteiger partial charge < -0.3 is 16.0 Å². The van der Waals surface area contributed by atoms with Crippen molar-refractivity contribution >= 4 is 12.3 Å². The van der Waals surface area contributed by atoms with Gasteiger partial charge in [0.15, 0.2) is 0 Å². The van der Waals surface area contributed by atoms with Crippen molar-refractivity contribution in [3.63, 3.8) is 0 Å². The summed E-state index contributed by atoms with van der Waals surface area (Å²) in [6.07, 6.45) is 2.59. The molecule has 0 bridgehead atoms. The molecule has 132 valence electrons. The molecule has 1 aromatic carbocycles. The van der Waals surface area contributed by atoms with Crippen LogP contribution in [0.4, 0.5) is 4.39 Å². The minimum absolute atomic E-state index is 0.130. The van der Waals surface area contributed by atoms with Crippen LogP contribution in [0.5, 0.6) is 0 Å². The van der Waals surface area contributed by atoms with Gasteiger partial charge in [0.25, 0.3) is 0 Å². The maximum absolute atomic E-state index is 13.0. The fourth-order valence-corrected chi connectivity index (χ4v) is 3.05. The van der Waals surface area contributed by atoms with Crippen LogP contribution in [-0.2, 0) is 15.0 Å². The van der Waals surface area contributed by atoms with Gasteiger partial charge in [0, 0.05) is 25.7 Å². The summed E-state index contributed by atoms with van der Waals surface area (Å²) < 4.78 is 13.0. The van der Waals surface area contributed by atoms with Crippen LogP contribution in [0.25, 0.3) is 0 Å². The van der Waals surface area contributed by atoms with Crippen LogP contribution in [0.15, 0.2) is 24.3 Å². The molecule has 1 atom stereocenters. The van der Waals surface area contributed by atoms with Gasteiger partial charge in [-0.05, 0) is 50.3 Å². The number of amides is 2. The number of carbonyl (C=O) groups excluding carboxylic acids is 2. The van der Waals surface area contributed by atoms with Crippen LogP contribution in [0.1, 0.15) is 32.3 Å². The zero-order chi connectivity index (χ0) is 17.7. The van der Waals surface area contributed by atoms with Gasteiger partial charge in [-0.25, -0.2) is 4.39 Å². The van der Waals surface area contributed by atoms with Crippen LogP contribution in [0, 0.1) is 11.7 Å². The lowest BCUT2D eigenvalue weighted by Crippen LogP contribution is -2.49. The van der Waals surface area contributed by atoms with Gasteiger partial charge in [-0.1, -0.05) is 12.1 Å². The first-order chi connectivity index (χ1) is 11.3. The smallest absolute Gasteiger partial charge is 0.230 e. The third-order valence-corrected chi connectivity index (χ3v) is 4.96. The number of hydrogen-bond acceptors (Lipinski definition) is 3. The first-order valence-corrected chi connectivity index (χ1v) is 8.34. The molecule has 2 amide bonds. The average molecular weight is 335 g/mol. The molecule has 0 aliphatic carbocycles. The average Bonchev–Trinajstić information content (AvgIpc) is 2.59. The summed E-state index contributed by atoms with van der Waals surface area (Å²) >= 11 is 0. The topological polar surface area (TPSA) is 75.4 Å². The summed E-state index contributed by atoms with van der Waals surface area (Å²) in [6, 6.07) is 5.84. The van der Waals surface area contributed by atoms with Crippen molar-refractivity contribution in [1.29, 1.82) is 0 Å². The van der Waals surface area contributed by atoms with Gasteiger partial charge in [0.1, 0.15) is 5.82 Å². The van der Waals surface area contributed by atoms with E-state index in [4.69, 9.17) is 5.73 Å². The molecule has 5 nitrogen and oxygen atoms in total. The van der Waals surface area contributed by atoms with Crippen molar-refractivity contribution in [1.82, 2.24) is 10.2 Å². The summed E-state index contributed by atoms with van der Waals surface area (Å²) in [5, 5.41) is 2.92. The summed E-state index contributed by atoms with van der Waals surface area (Å²) in [4.78, 5) is 25.0. The molecule has 1 aliphatic rings. The summed E-state index contributed by atoms with van der Waals surface area (Å²) in [5.74, 6) is -0.149. The lowest BCUT2D eigenvalue weighted by molar-refractivity contribution is -0.125. The zero-order valence-electron chi connectivity index (χ0n) is 14.3. The SMILES string of the molecule is CC(C)(C(=O)NCC(N)C1CCN(C=O)CC1)c1ccc(F)cc1. The maximum atomic E-state index is 13.0. The number of benzene rings is 1. The van der Waals surface area contributed by atoms with Crippen LogP contribution in [0.2, 0.25) is 0 Å². The second kappa shape index (κ2) is 7.75. The predicted molar refractivity (Wildman–Crippen MR) is 90.8 cm³/mol. The molecule has 1 fully saturated rings. The van der Waals surface area contributed by atoms with Gasteiger partial charge in [-0.2, -0.15) is 0 Å². The molecule has 1 heterocycles. The van der Waals surface area contributed by atoms with E-state index < -0.39 is 5.41 Å². The number of rotatable bonds is 6. The standard InChI is InChI=1S/C18H26FN3O2/c1-18(2,14-3-5-15(19)6-4-14)17(24)21-11-16(20)13-7-9-22(12-23)10-8-13/h3-6,12-13,16H,7-11,20H2,1-2H3,(H,21,24). The molecular weight excluding hydrogens is 309 g/mol. The van der Waals surface area contributed by atoms with Crippen molar-refractivity contribution in [3.8, 4) is 0 Å². The van der Waals surface area contributed by atoms with Crippen molar-refractivity contribution in [2.75, 3.05) is 19.6 Å². The number of hydrogen-bond donors (Lipinski definition) is 2. The number of carbonyl (C=O) groups is 2. The van der Waals surface area contributed by atoms with E-state index in [0.717, 1.165) is 37.9 Å². The Morgan fingerprint density at radius 3 is 2.50 bits per heavy atom. The van der Waals surface area contributed by atoms with Crippen molar-refractivity contribution in [2.24, 2.45) is 11.7 Å². The maximum Gasteiger partial charge on any atom is 0.230 e. The number of halogens is 1. The van der Waals surface area contributed by atoms with Crippen LogP contribution in [0.3, 0.4) is 0 Å². The fourth-order valence-electron chi connectivity index (χ4n) is 3.05. The van der Waals surface area contributed by atoms with E-state index in [-0.39, 0.29) is 17.8 Å². The number of piperidine rings is 1. The Balaban J connectivity index is 1.87. The monoisotopic (exact) mass is 335 g/mol. The molecule has 1 aliphatic heterocycles. The summed E-state index contributed by atoms with van der Waals surface area (Å²) in [6.45, 7) is 5.45. The highest BCUT2D eigenvalue weighted by Gasteiger charge is 2.31. The van der Waals surface area contributed by atoms with Crippen LogP contribution < -0.4 is 11.1 Å². The largest absolute Gasteiger partial charge is 0.354 e. The van der Waals surface area contributed by atoms with Crippen LogP contribution in [-0.4, -0.2) is 42.9 Å². The number of nitrogens with zero attached hydrogens (tertiary/aromatic N) is 1. The molecule has 0 radical (unpaired) electrons. The third-order valence-electron chi connectivity index (χ3n) is 4.96. The first-order valence-electron chi connectivity index (χ1n) is 8.34. The Morgan fingerprint density at radius 1 is 1.38 bits per heavy atom. The molecule has 6 heteroatoms. The third kappa shape index (κ3) is 4.32. The Hall–Kier alpha value is -1.95.